The molecule has 0 radical (unpaired) electrons. The maximum absolute atomic E-state index is 12.7. The normalized spacial score (nSPS) is 18.1. The Labute approximate surface area is 170 Å². The van der Waals surface area contributed by atoms with Crippen LogP contribution in [-0.2, 0) is 4.79 Å². The number of thiazole rings is 1. The first kappa shape index (κ1) is 19.1. The van der Waals surface area contributed by atoms with Gasteiger partial charge in [-0.3, -0.25) is 9.69 Å². The van der Waals surface area contributed by atoms with Gasteiger partial charge in [-0.05, 0) is 57.5 Å². The number of rotatable bonds is 5. The van der Waals surface area contributed by atoms with Crippen LogP contribution in [0.1, 0.15) is 49.2 Å². The first-order valence-corrected chi connectivity index (χ1v) is 10.9. The van der Waals surface area contributed by atoms with Crippen molar-refractivity contribution in [2.24, 2.45) is 0 Å². The van der Waals surface area contributed by atoms with Crippen molar-refractivity contribution in [1.29, 1.82) is 0 Å². The zero-order valence-electron chi connectivity index (χ0n) is 16.5. The molecule has 0 spiro atoms. The number of amides is 1. The van der Waals surface area contributed by atoms with E-state index in [4.69, 9.17) is 4.98 Å². The maximum atomic E-state index is 12.7. The molecule has 2 heterocycles. The molecule has 2 aromatic carbocycles. The lowest BCUT2D eigenvalue weighted by molar-refractivity contribution is -0.127. The molecule has 1 saturated heterocycles. The predicted molar refractivity (Wildman–Crippen MR) is 116 cm³/mol. The van der Waals surface area contributed by atoms with Crippen molar-refractivity contribution in [2.75, 3.05) is 13.1 Å². The van der Waals surface area contributed by atoms with E-state index >= 15 is 0 Å². The van der Waals surface area contributed by atoms with Crippen LogP contribution in [0, 0.1) is 0 Å². The minimum atomic E-state index is -0.109. The molecule has 1 amide bonds. The van der Waals surface area contributed by atoms with Crippen LogP contribution in [0.15, 0.2) is 54.6 Å². The molecule has 4 nitrogen and oxygen atoms in total. The molecular formula is C23H27N3OS. The van der Waals surface area contributed by atoms with E-state index < -0.39 is 0 Å². The van der Waals surface area contributed by atoms with Crippen LogP contribution in [0.25, 0.3) is 10.2 Å². The summed E-state index contributed by atoms with van der Waals surface area (Å²) in [4.78, 5) is 19.9. The summed E-state index contributed by atoms with van der Waals surface area (Å²) in [5.41, 5.74) is 2.24. The Morgan fingerprint density at radius 1 is 1.07 bits per heavy atom. The summed E-state index contributed by atoms with van der Waals surface area (Å²) < 4.78 is 1.27. The highest BCUT2D eigenvalue weighted by atomic mass is 32.1. The van der Waals surface area contributed by atoms with E-state index in [0.29, 0.717) is 5.92 Å². The summed E-state index contributed by atoms with van der Waals surface area (Å²) in [5.74, 6) is 0.613. The summed E-state index contributed by atoms with van der Waals surface area (Å²) in [6, 6.07) is 18.4. The van der Waals surface area contributed by atoms with Gasteiger partial charge in [0.2, 0.25) is 5.91 Å². The van der Waals surface area contributed by atoms with Gasteiger partial charge in [0, 0.05) is 5.92 Å². The fraction of sp³-hybridized carbons (Fsp3) is 0.391. The molecule has 4 rings (SSSR count). The quantitative estimate of drug-likeness (QED) is 0.681. The van der Waals surface area contributed by atoms with Crippen molar-refractivity contribution in [3.05, 3.63) is 65.2 Å². The number of benzene rings is 2. The Bertz CT molecular complexity index is 898. The molecule has 1 aliphatic rings. The largest absolute Gasteiger partial charge is 0.348 e. The topological polar surface area (TPSA) is 45.2 Å². The third kappa shape index (κ3) is 4.10. The number of likely N-dealkylation sites (tertiary alicyclic amines) is 1. The number of nitrogens with zero attached hydrogens (tertiary/aromatic N) is 2. The number of carbonyl (C=O) groups excluding carboxylic acids is 1. The number of aromatic nitrogens is 1. The van der Waals surface area contributed by atoms with Gasteiger partial charge in [0.25, 0.3) is 0 Å². The van der Waals surface area contributed by atoms with E-state index in [0.717, 1.165) is 37.0 Å². The molecule has 0 saturated carbocycles. The van der Waals surface area contributed by atoms with Crippen molar-refractivity contribution in [1.82, 2.24) is 15.2 Å². The van der Waals surface area contributed by atoms with E-state index in [2.05, 4.69) is 40.5 Å². The lowest BCUT2D eigenvalue weighted by atomic mass is 9.96. The standard InChI is InChI=1S/C23H27N3OS/c1-16(18-8-4-3-5-9-18)24-22(27)17(2)26-14-12-19(13-15-26)23-25-20-10-6-7-11-21(20)28-23/h3-11,16-17,19H,12-15H2,1-2H3,(H,24,27)/t16-,17+/m1/s1. The first-order valence-electron chi connectivity index (χ1n) is 10.1. The van der Waals surface area contributed by atoms with Crippen molar-refractivity contribution < 1.29 is 4.79 Å². The minimum Gasteiger partial charge on any atom is -0.348 e. The number of hydrogen-bond acceptors (Lipinski definition) is 4. The highest BCUT2D eigenvalue weighted by Crippen LogP contribution is 2.34. The van der Waals surface area contributed by atoms with Crippen molar-refractivity contribution in [3.8, 4) is 0 Å². The van der Waals surface area contributed by atoms with E-state index in [1.807, 2.05) is 49.4 Å². The molecule has 1 fully saturated rings. The molecule has 146 valence electrons. The van der Waals surface area contributed by atoms with Crippen molar-refractivity contribution in [3.63, 3.8) is 0 Å². The average molecular weight is 394 g/mol. The van der Waals surface area contributed by atoms with Gasteiger partial charge in [-0.2, -0.15) is 0 Å². The third-order valence-electron chi connectivity index (χ3n) is 5.77. The minimum absolute atomic E-state index is 0.0245. The molecule has 3 aromatic rings. The van der Waals surface area contributed by atoms with E-state index in [1.54, 1.807) is 0 Å². The molecule has 2 atom stereocenters. The van der Waals surface area contributed by atoms with Crippen LogP contribution in [0.3, 0.4) is 0 Å². The van der Waals surface area contributed by atoms with E-state index in [9.17, 15) is 4.79 Å². The van der Waals surface area contributed by atoms with Gasteiger partial charge in [0.1, 0.15) is 0 Å². The van der Waals surface area contributed by atoms with Crippen molar-refractivity contribution in [2.45, 2.75) is 44.7 Å². The van der Waals surface area contributed by atoms with Crippen molar-refractivity contribution >= 4 is 27.5 Å². The molecule has 1 aliphatic heterocycles. The third-order valence-corrected chi connectivity index (χ3v) is 6.97. The van der Waals surface area contributed by atoms with Gasteiger partial charge in [-0.25, -0.2) is 4.98 Å². The van der Waals surface area contributed by atoms with Gasteiger partial charge >= 0.3 is 0 Å². The second-order valence-corrected chi connectivity index (χ2v) is 8.71. The predicted octanol–water partition coefficient (Wildman–Crippen LogP) is 4.74. The molecule has 0 bridgehead atoms. The number of hydrogen-bond donors (Lipinski definition) is 1. The molecule has 1 N–H and O–H groups in total. The van der Waals surface area contributed by atoms with Crippen LogP contribution < -0.4 is 5.32 Å². The number of para-hydroxylation sites is 1. The van der Waals surface area contributed by atoms with Crippen LogP contribution in [-0.4, -0.2) is 34.9 Å². The maximum Gasteiger partial charge on any atom is 0.237 e. The summed E-state index contributed by atoms with van der Waals surface area (Å²) in [7, 11) is 0. The first-order chi connectivity index (χ1) is 13.6. The number of carbonyl (C=O) groups is 1. The highest BCUT2D eigenvalue weighted by molar-refractivity contribution is 7.18. The Hall–Kier alpha value is -2.24. The fourth-order valence-electron chi connectivity index (χ4n) is 3.92. The van der Waals surface area contributed by atoms with Crippen LogP contribution in [0.4, 0.5) is 0 Å². The van der Waals surface area contributed by atoms with Crippen LogP contribution in [0.2, 0.25) is 0 Å². The lowest BCUT2D eigenvalue weighted by Gasteiger charge is -2.35. The number of piperidine rings is 1. The van der Waals surface area contributed by atoms with Gasteiger partial charge in [-0.1, -0.05) is 42.5 Å². The van der Waals surface area contributed by atoms with Gasteiger partial charge in [-0.15, -0.1) is 11.3 Å². The fourth-order valence-corrected chi connectivity index (χ4v) is 5.06. The zero-order valence-corrected chi connectivity index (χ0v) is 17.3. The Morgan fingerprint density at radius 2 is 1.75 bits per heavy atom. The molecule has 28 heavy (non-hydrogen) atoms. The second-order valence-electron chi connectivity index (χ2n) is 7.65. The monoisotopic (exact) mass is 393 g/mol. The highest BCUT2D eigenvalue weighted by Gasteiger charge is 2.29. The number of nitrogens with one attached hydrogen (secondary N) is 1. The molecule has 0 unspecified atom stereocenters. The smallest absolute Gasteiger partial charge is 0.237 e. The molecule has 0 aliphatic carbocycles. The van der Waals surface area contributed by atoms with Gasteiger partial charge in [0.05, 0.1) is 27.3 Å². The summed E-state index contributed by atoms with van der Waals surface area (Å²) >= 11 is 1.82. The summed E-state index contributed by atoms with van der Waals surface area (Å²) in [6.07, 6.45) is 2.12. The van der Waals surface area contributed by atoms with E-state index in [1.165, 1.54) is 9.71 Å². The van der Waals surface area contributed by atoms with Crippen LogP contribution in [0.5, 0.6) is 0 Å². The average Bonchev–Trinajstić information content (AvgIpc) is 3.18. The molecular weight excluding hydrogens is 366 g/mol. The number of fused-ring (bicyclic) bond motifs is 1. The SMILES string of the molecule is C[C@@H](NC(=O)[C@H](C)N1CCC(c2nc3ccccc3s2)CC1)c1ccccc1. The Balaban J connectivity index is 1.33. The Kier molecular flexibility index (Phi) is 5.74. The summed E-state index contributed by atoms with van der Waals surface area (Å²) in [5, 5.41) is 4.41. The zero-order chi connectivity index (χ0) is 19.5. The lowest BCUT2D eigenvalue weighted by Crippen LogP contribution is -2.48. The molecule has 1 aromatic heterocycles. The molecule has 5 heteroatoms. The second kappa shape index (κ2) is 8.41. The van der Waals surface area contributed by atoms with Crippen LogP contribution >= 0.6 is 11.3 Å². The van der Waals surface area contributed by atoms with Gasteiger partial charge in [0.15, 0.2) is 0 Å². The Morgan fingerprint density at radius 3 is 2.46 bits per heavy atom. The van der Waals surface area contributed by atoms with Gasteiger partial charge < -0.3 is 5.32 Å². The summed E-state index contributed by atoms with van der Waals surface area (Å²) in [6.45, 7) is 5.94. The van der Waals surface area contributed by atoms with E-state index in [-0.39, 0.29) is 18.0 Å².